The molecule has 0 aliphatic rings. The van der Waals surface area contributed by atoms with Gasteiger partial charge in [-0.25, -0.2) is 14.4 Å². The molecule has 0 saturated carbocycles. The molecule has 2 aromatic heterocycles. The molecular weight excluding hydrogens is 391 g/mol. The largest absolute Gasteiger partial charge is 0.494 e. The van der Waals surface area contributed by atoms with Gasteiger partial charge < -0.3 is 4.74 Å². The summed E-state index contributed by atoms with van der Waals surface area (Å²) in [5.74, 6) is 0.641. The summed E-state index contributed by atoms with van der Waals surface area (Å²) in [6.45, 7) is 2.90. The number of thiazole rings is 2. The van der Waals surface area contributed by atoms with Gasteiger partial charge in [-0.15, -0.1) is 22.7 Å². The van der Waals surface area contributed by atoms with Crippen LogP contribution in [0.4, 0.5) is 4.39 Å². The number of hydrogen-bond donors (Lipinski definition) is 0. The van der Waals surface area contributed by atoms with Crippen LogP contribution in [-0.4, -0.2) is 16.6 Å². The fraction of sp³-hybridized carbons (Fsp3) is 0.182. The fourth-order valence-corrected chi connectivity index (χ4v) is 4.39. The zero-order chi connectivity index (χ0) is 19.3. The molecule has 0 radical (unpaired) electrons. The van der Waals surface area contributed by atoms with Crippen LogP contribution in [0, 0.1) is 5.82 Å². The molecule has 4 rings (SSSR count). The lowest BCUT2D eigenvalue weighted by Gasteiger charge is -2.05. The Morgan fingerprint density at radius 3 is 1.89 bits per heavy atom. The van der Waals surface area contributed by atoms with Gasteiger partial charge in [0.1, 0.15) is 11.6 Å². The Kier molecular flexibility index (Phi) is 5.78. The summed E-state index contributed by atoms with van der Waals surface area (Å²) >= 11 is 3.12. The number of benzene rings is 2. The van der Waals surface area contributed by atoms with E-state index in [2.05, 4.69) is 11.9 Å². The van der Waals surface area contributed by atoms with Crippen molar-refractivity contribution >= 4 is 22.7 Å². The summed E-state index contributed by atoms with van der Waals surface area (Å²) in [6.07, 6.45) is 2.18. The highest BCUT2D eigenvalue weighted by Gasteiger charge is 2.12. The minimum atomic E-state index is -0.245. The molecular formula is C22H19FN2OS2. The molecule has 0 N–H and O–H groups in total. The van der Waals surface area contributed by atoms with Gasteiger partial charge in [-0.3, -0.25) is 0 Å². The van der Waals surface area contributed by atoms with Gasteiger partial charge in [0.05, 0.1) is 18.0 Å². The normalized spacial score (nSPS) is 10.9. The maximum atomic E-state index is 13.1. The van der Waals surface area contributed by atoms with E-state index in [1.165, 1.54) is 12.1 Å². The number of hydrogen-bond acceptors (Lipinski definition) is 5. The molecule has 4 aromatic rings. The van der Waals surface area contributed by atoms with Gasteiger partial charge in [0.2, 0.25) is 0 Å². The zero-order valence-corrected chi connectivity index (χ0v) is 17.0. The second kappa shape index (κ2) is 8.63. The van der Waals surface area contributed by atoms with Crippen LogP contribution in [0.15, 0.2) is 59.3 Å². The molecule has 0 atom stereocenters. The topological polar surface area (TPSA) is 35.0 Å². The minimum Gasteiger partial charge on any atom is -0.494 e. The molecule has 2 heterocycles. The van der Waals surface area contributed by atoms with E-state index in [-0.39, 0.29) is 5.82 Å². The third-order valence-corrected chi connectivity index (χ3v) is 6.08. The molecule has 0 bridgehead atoms. The Morgan fingerprint density at radius 1 is 0.821 bits per heavy atom. The van der Waals surface area contributed by atoms with Crippen LogP contribution >= 0.6 is 22.7 Å². The van der Waals surface area contributed by atoms with Crippen molar-refractivity contribution in [2.75, 3.05) is 6.61 Å². The second-order valence-corrected chi connectivity index (χ2v) is 8.03. The smallest absolute Gasteiger partial charge is 0.152 e. The zero-order valence-electron chi connectivity index (χ0n) is 15.4. The van der Waals surface area contributed by atoms with Crippen molar-refractivity contribution in [3.05, 3.63) is 65.1 Å². The van der Waals surface area contributed by atoms with Gasteiger partial charge in [0.15, 0.2) is 10.0 Å². The molecule has 0 saturated heterocycles. The molecule has 6 heteroatoms. The third kappa shape index (κ3) is 4.29. The average molecular weight is 411 g/mol. The molecule has 0 unspecified atom stereocenters. The number of halogens is 1. The van der Waals surface area contributed by atoms with E-state index in [0.29, 0.717) is 0 Å². The Bertz CT molecular complexity index is 1040. The lowest BCUT2D eigenvalue weighted by molar-refractivity contribution is 0.309. The highest BCUT2D eigenvalue weighted by molar-refractivity contribution is 7.20. The quantitative estimate of drug-likeness (QED) is 0.310. The average Bonchev–Trinajstić information content (AvgIpc) is 3.39. The first-order valence-corrected chi connectivity index (χ1v) is 10.9. The fourth-order valence-electron chi connectivity index (χ4n) is 2.69. The Balaban J connectivity index is 1.49. The number of rotatable bonds is 7. The maximum absolute atomic E-state index is 13.1. The van der Waals surface area contributed by atoms with Crippen LogP contribution in [0.1, 0.15) is 19.8 Å². The van der Waals surface area contributed by atoms with Crippen molar-refractivity contribution in [2.24, 2.45) is 0 Å². The summed E-state index contributed by atoms with van der Waals surface area (Å²) in [5, 5.41) is 5.78. The first-order valence-electron chi connectivity index (χ1n) is 9.13. The summed E-state index contributed by atoms with van der Waals surface area (Å²) in [7, 11) is 0. The van der Waals surface area contributed by atoms with Gasteiger partial charge in [-0.2, -0.15) is 0 Å². The van der Waals surface area contributed by atoms with Crippen molar-refractivity contribution in [3.8, 4) is 38.3 Å². The predicted molar refractivity (Wildman–Crippen MR) is 114 cm³/mol. The molecule has 0 spiro atoms. The molecule has 0 aliphatic heterocycles. The summed E-state index contributed by atoms with van der Waals surface area (Å²) in [4.78, 5) is 9.41. The van der Waals surface area contributed by atoms with Crippen molar-refractivity contribution in [1.82, 2.24) is 9.97 Å². The van der Waals surface area contributed by atoms with Gasteiger partial charge in [-0.05, 0) is 55.0 Å². The van der Waals surface area contributed by atoms with Crippen LogP contribution in [0.2, 0.25) is 0 Å². The standard InChI is InChI=1S/C22H19FN2OS2/c1-2-3-12-26-18-10-6-16(7-11-18)20-14-28-22(25-20)21-24-19(13-27-21)15-4-8-17(23)9-5-15/h4-11,13-14H,2-3,12H2,1H3. The summed E-state index contributed by atoms with van der Waals surface area (Å²) in [5.41, 5.74) is 3.73. The predicted octanol–water partition coefficient (Wildman–Crippen LogP) is 6.92. The van der Waals surface area contributed by atoms with E-state index < -0.39 is 0 Å². The first kappa shape index (κ1) is 18.8. The van der Waals surface area contributed by atoms with E-state index in [4.69, 9.17) is 9.72 Å². The van der Waals surface area contributed by atoms with Gasteiger partial charge in [0, 0.05) is 21.9 Å². The van der Waals surface area contributed by atoms with E-state index >= 15 is 0 Å². The number of nitrogens with zero attached hydrogens (tertiary/aromatic N) is 2. The maximum Gasteiger partial charge on any atom is 0.152 e. The van der Waals surface area contributed by atoms with E-state index in [1.54, 1.807) is 34.8 Å². The first-order chi connectivity index (χ1) is 13.7. The highest BCUT2D eigenvalue weighted by atomic mass is 32.1. The summed E-state index contributed by atoms with van der Waals surface area (Å²) in [6, 6.07) is 14.4. The van der Waals surface area contributed by atoms with Crippen molar-refractivity contribution in [2.45, 2.75) is 19.8 Å². The molecule has 28 heavy (non-hydrogen) atoms. The highest BCUT2D eigenvalue weighted by Crippen LogP contribution is 2.33. The van der Waals surface area contributed by atoms with Crippen molar-refractivity contribution in [1.29, 1.82) is 0 Å². The van der Waals surface area contributed by atoms with Crippen LogP contribution in [0.5, 0.6) is 5.75 Å². The lowest BCUT2D eigenvalue weighted by atomic mass is 10.2. The van der Waals surface area contributed by atoms with Crippen LogP contribution in [0.3, 0.4) is 0 Å². The van der Waals surface area contributed by atoms with Crippen molar-refractivity contribution < 1.29 is 9.13 Å². The number of ether oxygens (including phenoxy) is 1. The Hall–Kier alpha value is -2.57. The lowest BCUT2D eigenvalue weighted by Crippen LogP contribution is -1.95. The Labute approximate surface area is 171 Å². The van der Waals surface area contributed by atoms with Crippen molar-refractivity contribution in [3.63, 3.8) is 0 Å². The third-order valence-electron chi connectivity index (χ3n) is 4.25. The molecule has 0 fully saturated rings. The van der Waals surface area contributed by atoms with E-state index in [0.717, 1.165) is 57.7 Å². The van der Waals surface area contributed by atoms with Crippen LogP contribution < -0.4 is 4.74 Å². The number of unbranched alkanes of at least 4 members (excludes halogenated alkanes) is 1. The van der Waals surface area contributed by atoms with Crippen LogP contribution in [-0.2, 0) is 0 Å². The Morgan fingerprint density at radius 2 is 1.36 bits per heavy atom. The second-order valence-electron chi connectivity index (χ2n) is 6.31. The monoisotopic (exact) mass is 410 g/mol. The molecule has 2 aromatic carbocycles. The van der Waals surface area contributed by atoms with Gasteiger partial charge in [0.25, 0.3) is 0 Å². The molecule has 3 nitrogen and oxygen atoms in total. The summed E-state index contributed by atoms with van der Waals surface area (Å²) < 4.78 is 18.8. The van der Waals surface area contributed by atoms with Gasteiger partial charge in [-0.1, -0.05) is 13.3 Å². The number of aromatic nitrogens is 2. The van der Waals surface area contributed by atoms with Crippen LogP contribution in [0.25, 0.3) is 32.5 Å². The SMILES string of the molecule is CCCCOc1ccc(-c2csc(-c3nc(-c4ccc(F)cc4)cs3)n2)cc1. The molecule has 0 amide bonds. The van der Waals surface area contributed by atoms with Gasteiger partial charge >= 0.3 is 0 Å². The van der Waals surface area contributed by atoms with E-state index in [9.17, 15) is 4.39 Å². The molecule has 142 valence electrons. The molecule has 0 aliphatic carbocycles. The minimum absolute atomic E-state index is 0.245. The van der Waals surface area contributed by atoms with E-state index in [1.807, 2.05) is 35.0 Å².